The SMILES string of the molecule is O=C1C=CC2(CCCO2)C(C(F)(F)F)=C1. The van der Waals surface area contributed by atoms with Crippen molar-refractivity contribution in [2.75, 3.05) is 6.61 Å². The summed E-state index contributed by atoms with van der Waals surface area (Å²) in [4.78, 5) is 10.9. The molecule has 82 valence electrons. The van der Waals surface area contributed by atoms with Crippen molar-refractivity contribution in [3.05, 3.63) is 23.8 Å². The molecule has 15 heavy (non-hydrogen) atoms. The Morgan fingerprint density at radius 1 is 1.40 bits per heavy atom. The van der Waals surface area contributed by atoms with E-state index in [-0.39, 0.29) is 6.42 Å². The van der Waals surface area contributed by atoms with Crippen molar-refractivity contribution in [3.8, 4) is 0 Å². The fourth-order valence-corrected chi connectivity index (χ4v) is 1.95. The number of hydrogen-bond donors (Lipinski definition) is 0. The average molecular weight is 218 g/mol. The first-order chi connectivity index (χ1) is 6.94. The van der Waals surface area contributed by atoms with E-state index in [9.17, 15) is 18.0 Å². The van der Waals surface area contributed by atoms with E-state index in [4.69, 9.17) is 4.74 Å². The second-order valence-corrected chi connectivity index (χ2v) is 3.63. The molecule has 0 amide bonds. The molecule has 1 aliphatic heterocycles. The molecule has 0 radical (unpaired) electrons. The molecule has 1 fully saturated rings. The Morgan fingerprint density at radius 3 is 2.67 bits per heavy atom. The summed E-state index contributed by atoms with van der Waals surface area (Å²) in [5.41, 5.74) is -2.29. The van der Waals surface area contributed by atoms with Crippen LogP contribution in [-0.2, 0) is 9.53 Å². The molecule has 0 aromatic rings. The highest BCUT2D eigenvalue weighted by Gasteiger charge is 2.50. The van der Waals surface area contributed by atoms with Crippen LogP contribution in [0.2, 0.25) is 0 Å². The third-order valence-electron chi connectivity index (χ3n) is 2.62. The van der Waals surface area contributed by atoms with Crippen LogP contribution in [0.15, 0.2) is 23.8 Å². The molecule has 0 N–H and O–H groups in total. The summed E-state index contributed by atoms with van der Waals surface area (Å²) in [6.07, 6.45) is -0.657. The van der Waals surface area contributed by atoms with Gasteiger partial charge in [0.2, 0.25) is 0 Å². The molecule has 0 saturated carbocycles. The van der Waals surface area contributed by atoms with Crippen LogP contribution < -0.4 is 0 Å². The Morgan fingerprint density at radius 2 is 2.13 bits per heavy atom. The van der Waals surface area contributed by atoms with Crippen molar-refractivity contribution in [3.63, 3.8) is 0 Å². The number of alkyl halides is 3. The molecule has 1 spiro atoms. The Kier molecular flexibility index (Phi) is 2.22. The van der Waals surface area contributed by atoms with Gasteiger partial charge in [-0.15, -0.1) is 0 Å². The molecule has 1 saturated heterocycles. The maximum atomic E-state index is 12.7. The van der Waals surface area contributed by atoms with Crippen molar-refractivity contribution >= 4 is 5.78 Å². The van der Waals surface area contributed by atoms with Gasteiger partial charge < -0.3 is 4.74 Å². The highest BCUT2D eigenvalue weighted by molar-refractivity contribution is 6.01. The summed E-state index contributed by atoms with van der Waals surface area (Å²) >= 11 is 0. The summed E-state index contributed by atoms with van der Waals surface area (Å²) in [5, 5.41) is 0. The van der Waals surface area contributed by atoms with Gasteiger partial charge in [-0.3, -0.25) is 4.79 Å². The zero-order valence-electron chi connectivity index (χ0n) is 7.80. The predicted molar refractivity (Wildman–Crippen MR) is 46.2 cm³/mol. The smallest absolute Gasteiger partial charge is 0.366 e. The van der Waals surface area contributed by atoms with Crippen molar-refractivity contribution in [2.45, 2.75) is 24.6 Å². The lowest BCUT2D eigenvalue weighted by Gasteiger charge is -2.31. The summed E-state index contributed by atoms with van der Waals surface area (Å²) in [5.74, 6) is -0.636. The van der Waals surface area contributed by atoms with Gasteiger partial charge in [0.05, 0.1) is 5.57 Å². The second-order valence-electron chi connectivity index (χ2n) is 3.63. The Bertz CT molecular complexity index is 346. The molecular formula is C10H9F3O2. The van der Waals surface area contributed by atoms with Gasteiger partial charge in [0.1, 0.15) is 5.60 Å². The Balaban J connectivity index is 2.42. The molecule has 2 aliphatic rings. The van der Waals surface area contributed by atoms with E-state index < -0.39 is 23.1 Å². The van der Waals surface area contributed by atoms with Crippen LogP contribution >= 0.6 is 0 Å². The van der Waals surface area contributed by atoms with Crippen molar-refractivity contribution in [1.82, 2.24) is 0 Å². The Hall–Kier alpha value is -1.10. The van der Waals surface area contributed by atoms with Crippen LogP contribution in [-0.4, -0.2) is 24.2 Å². The van der Waals surface area contributed by atoms with E-state index in [0.29, 0.717) is 19.1 Å². The van der Waals surface area contributed by atoms with Crippen LogP contribution in [0.5, 0.6) is 0 Å². The third-order valence-corrected chi connectivity index (χ3v) is 2.62. The molecule has 0 aromatic heterocycles. The molecule has 0 bridgehead atoms. The van der Waals surface area contributed by atoms with Gasteiger partial charge in [-0.1, -0.05) is 0 Å². The first-order valence-electron chi connectivity index (χ1n) is 4.61. The van der Waals surface area contributed by atoms with Crippen LogP contribution in [0.25, 0.3) is 0 Å². The van der Waals surface area contributed by atoms with Gasteiger partial charge in [-0.05, 0) is 31.1 Å². The quantitative estimate of drug-likeness (QED) is 0.622. The second kappa shape index (κ2) is 3.20. The first-order valence-corrected chi connectivity index (χ1v) is 4.61. The summed E-state index contributed by atoms with van der Waals surface area (Å²) in [6.45, 7) is 0.298. The van der Waals surface area contributed by atoms with Gasteiger partial charge in [0.25, 0.3) is 0 Å². The van der Waals surface area contributed by atoms with E-state index >= 15 is 0 Å². The molecule has 1 unspecified atom stereocenters. The van der Waals surface area contributed by atoms with E-state index in [1.807, 2.05) is 0 Å². The number of hydrogen-bond acceptors (Lipinski definition) is 2. The zero-order chi connectivity index (χ0) is 11.1. The number of rotatable bonds is 0. The maximum Gasteiger partial charge on any atom is 0.415 e. The van der Waals surface area contributed by atoms with E-state index in [2.05, 4.69) is 0 Å². The monoisotopic (exact) mass is 218 g/mol. The van der Waals surface area contributed by atoms with E-state index in [1.165, 1.54) is 6.08 Å². The van der Waals surface area contributed by atoms with Gasteiger partial charge in [-0.25, -0.2) is 0 Å². The number of halogens is 3. The molecule has 2 nitrogen and oxygen atoms in total. The number of carbonyl (C=O) groups excluding carboxylic acids is 1. The standard InChI is InChI=1S/C10H9F3O2/c11-10(12,13)8-6-7(14)2-4-9(8)3-1-5-15-9/h2,4,6H,1,3,5H2. The van der Waals surface area contributed by atoms with Gasteiger partial charge >= 0.3 is 6.18 Å². The van der Waals surface area contributed by atoms with E-state index in [0.717, 1.165) is 6.08 Å². The van der Waals surface area contributed by atoms with Crippen molar-refractivity contribution in [1.29, 1.82) is 0 Å². The van der Waals surface area contributed by atoms with Crippen LogP contribution in [0.4, 0.5) is 13.2 Å². The summed E-state index contributed by atoms with van der Waals surface area (Å²) in [6, 6.07) is 0. The average Bonchev–Trinajstić information content (AvgIpc) is 2.57. The molecular weight excluding hydrogens is 209 g/mol. The first kappa shape index (κ1) is 10.4. The van der Waals surface area contributed by atoms with Crippen LogP contribution in [0.1, 0.15) is 12.8 Å². The molecule has 1 heterocycles. The van der Waals surface area contributed by atoms with E-state index in [1.54, 1.807) is 0 Å². The molecule has 1 atom stereocenters. The highest BCUT2D eigenvalue weighted by Crippen LogP contribution is 2.44. The minimum atomic E-state index is -4.51. The van der Waals surface area contributed by atoms with Crippen molar-refractivity contribution < 1.29 is 22.7 Å². The summed E-state index contributed by atoms with van der Waals surface area (Å²) < 4.78 is 43.2. The van der Waals surface area contributed by atoms with Gasteiger partial charge in [0, 0.05) is 6.61 Å². The number of carbonyl (C=O) groups is 1. The topological polar surface area (TPSA) is 26.3 Å². The van der Waals surface area contributed by atoms with Gasteiger partial charge in [-0.2, -0.15) is 13.2 Å². The number of ketones is 1. The number of allylic oxidation sites excluding steroid dienone is 2. The van der Waals surface area contributed by atoms with Crippen LogP contribution in [0.3, 0.4) is 0 Å². The van der Waals surface area contributed by atoms with Gasteiger partial charge in [0.15, 0.2) is 5.78 Å². The molecule has 1 aliphatic carbocycles. The third kappa shape index (κ3) is 1.71. The van der Waals surface area contributed by atoms with Crippen LogP contribution in [0, 0.1) is 0 Å². The maximum absolute atomic E-state index is 12.7. The lowest BCUT2D eigenvalue weighted by molar-refractivity contribution is -0.122. The molecule has 2 rings (SSSR count). The molecule has 0 aromatic carbocycles. The largest absolute Gasteiger partial charge is 0.415 e. The lowest BCUT2D eigenvalue weighted by Crippen LogP contribution is -2.38. The Labute approximate surface area is 84.4 Å². The summed E-state index contributed by atoms with van der Waals surface area (Å²) in [7, 11) is 0. The van der Waals surface area contributed by atoms with Crippen molar-refractivity contribution in [2.24, 2.45) is 0 Å². The minimum Gasteiger partial charge on any atom is -0.366 e. The number of ether oxygens (including phenoxy) is 1. The minimum absolute atomic E-state index is 0.280. The lowest BCUT2D eigenvalue weighted by atomic mass is 9.85. The zero-order valence-corrected chi connectivity index (χ0v) is 7.80. The predicted octanol–water partition coefficient (Wildman–Crippen LogP) is 2.16. The normalized spacial score (nSPS) is 31.1. The fourth-order valence-electron chi connectivity index (χ4n) is 1.95. The molecule has 5 heteroatoms. The highest BCUT2D eigenvalue weighted by atomic mass is 19.4. The fraction of sp³-hybridized carbons (Fsp3) is 0.500.